The molecule has 0 amide bonds. The van der Waals surface area contributed by atoms with Gasteiger partial charge in [-0.2, -0.15) is 0 Å². The van der Waals surface area contributed by atoms with E-state index in [1.165, 1.54) is 38.6 Å². The Bertz CT molecular complexity index is 1340. The first-order valence-corrected chi connectivity index (χ1v) is 12.2. The number of hydrogen-bond acceptors (Lipinski definition) is 2. The second-order valence-corrected chi connectivity index (χ2v) is 8.75. The maximum atomic E-state index is 13.6. The zero-order valence-corrected chi connectivity index (χ0v) is 19.7. The Balaban J connectivity index is 2.00. The van der Waals surface area contributed by atoms with Crippen LogP contribution in [-0.2, 0) is 17.6 Å². The molecule has 0 aromatic heterocycles. The third-order valence-corrected chi connectivity index (χ3v) is 6.69. The summed E-state index contributed by atoms with van der Waals surface area (Å²) < 4.78 is 5.68. The maximum absolute atomic E-state index is 13.6. The van der Waals surface area contributed by atoms with E-state index >= 15 is 0 Å². The van der Waals surface area contributed by atoms with Crippen LogP contribution in [-0.4, -0.2) is 12.6 Å². The number of esters is 1. The van der Waals surface area contributed by atoms with Gasteiger partial charge in [-0.1, -0.05) is 93.4 Å². The van der Waals surface area contributed by atoms with Gasteiger partial charge in [-0.3, -0.25) is 0 Å². The SMILES string of the molecule is CCCc1c(C(=O)OCC)c(-c2ccccc2)c(CCC)c2c1-c1cccc3cccc-2c13. The van der Waals surface area contributed by atoms with Crippen LogP contribution in [0.5, 0.6) is 0 Å². The Labute approximate surface area is 196 Å². The highest BCUT2D eigenvalue weighted by Crippen LogP contribution is 2.54. The molecule has 0 saturated heterocycles. The van der Waals surface area contributed by atoms with Crippen molar-refractivity contribution < 1.29 is 9.53 Å². The molecule has 4 aromatic rings. The fourth-order valence-electron chi connectivity index (χ4n) is 5.56. The minimum absolute atomic E-state index is 0.205. The summed E-state index contributed by atoms with van der Waals surface area (Å²) >= 11 is 0. The lowest BCUT2D eigenvalue weighted by atomic mass is 9.80. The van der Waals surface area contributed by atoms with E-state index in [0.717, 1.165) is 47.9 Å². The molecule has 2 nitrogen and oxygen atoms in total. The fourth-order valence-corrected chi connectivity index (χ4v) is 5.56. The number of hydrogen-bond donors (Lipinski definition) is 0. The predicted octanol–water partition coefficient (Wildman–Crippen LogP) is 8.24. The number of ether oxygens (including phenoxy) is 1. The second-order valence-electron chi connectivity index (χ2n) is 8.75. The van der Waals surface area contributed by atoms with E-state index in [1.807, 2.05) is 13.0 Å². The van der Waals surface area contributed by atoms with Gasteiger partial charge in [-0.15, -0.1) is 0 Å². The molecule has 0 radical (unpaired) electrons. The molecule has 33 heavy (non-hydrogen) atoms. The van der Waals surface area contributed by atoms with Gasteiger partial charge in [0.15, 0.2) is 0 Å². The molecule has 0 spiro atoms. The number of rotatable bonds is 7. The van der Waals surface area contributed by atoms with E-state index < -0.39 is 0 Å². The summed E-state index contributed by atoms with van der Waals surface area (Å²) in [6.45, 7) is 6.66. The summed E-state index contributed by atoms with van der Waals surface area (Å²) in [4.78, 5) is 13.6. The summed E-state index contributed by atoms with van der Waals surface area (Å²) in [7, 11) is 0. The molecule has 0 fully saturated rings. The Morgan fingerprint density at radius 2 is 1.30 bits per heavy atom. The average Bonchev–Trinajstić information content (AvgIpc) is 3.17. The third kappa shape index (κ3) is 3.36. The zero-order valence-electron chi connectivity index (χ0n) is 19.7. The third-order valence-electron chi connectivity index (χ3n) is 6.69. The van der Waals surface area contributed by atoms with E-state index in [0.29, 0.717) is 6.61 Å². The van der Waals surface area contributed by atoms with Crippen LogP contribution in [0.15, 0.2) is 66.7 Å². The lowest BCUT2D eigenvalue weighted by Gasteiger charge is -2.24. The lowest BCUT2D eigenvalue weighted by molar-refractivity contribution is 0.0526. The molecule has 1 aliphatic rings. The quantitative estimate of drug-likeness (QED) is 0.241. The van der Waals surface area contributed by atoms with Gasteiger partial charge in [-0.25, -0.2) is 4.79 Å². The van der Waals surface area contributed by atoms with Crippen molar-refractivity contribution >= 4 is 16.7 Å². The Hall–Kier alpha value is -3.39. The molecule has 166 valence electrons. The van der Waals surface area contributed by atoms with Gasteiger partial charge in [0.1, 0.15) is 0 Å². The summed E-state index contributed by atoms with van der Waals surface area (Å²) in [6, 6.07) is 23.6. The Morgan fingerprint density at radius 1 is 0.697 bits per heavy atom. The van der Waals surface area contributed by atoms with Crippen molar-refractivity contribution in [2.75, 3.05) is 6.61 Å². The van der Waals surface area contributed by atoms with E-state index in [1.54, 1.807) is 0 Å². The van der Waals surface area contributed by atoms with Gasteiger partial charge in [-0.05, 0) is 69.5 Å². The molecule has 0 heterocycles. The number of fused-ring (bicyclic) bond motifs is 3. The number of benzene rings is 4. The van der Waals surface area contributed by atoms with Gasteiger partial charge in [0, 0.05) is 5.56 Å². The van der Waals surface area contributed by atoms with Crippen LogP contribution < -0.4 is 0 Å². The van der Waals surface area contributed by atoms with Crippen LogP contribution in [0.2, 0.25) is 0 Å². The molecule has 0 aliphatic heterocycles. The topological polar surface area (TPSA) is 26.3 Å². The molecular weight excluding hydrogens is 404 g/mol. The first-order valence-electron chi connectivity index (χ1n) is 12.2. The predicted molar refractivity (Wildman–Crippen MR) is 138 cm³/mol. The van der Waals surface area contributed by atoms with Crippen molar-refractivity contribution in [2.45, 2.75) is 46.5 Å². The largest absolute Gasteiger partial charge is 0.462 e. The van der Waals surface area contributed by atoms with E-state index in [-0.39, 0.29) is 5.97 Å². The van der Waals surface area contributed by atoms with Crippen LogP contribution in [0.4, 0.5) is 0 Å². The second kappa shape index (κ2) is 8.86. The van der Waals surface area contributed by atoms with Crippen LogP contribution in [0, 0.1) is 0 Å². The van der Waals surface area contributed by atoms with Crippen LogP contribution in [0.3, 0.4) is 0 Å². The number of carbonyl (C=O) groups is 1. The smallest absolute Gasteiger partial charge is 0.339 e. The number of carbonyl (C=O) groups excluding carboxylic acids is 1. The monoisotopic (exact) mass is 434 g/mol. The molecule has 0 N–H and O–H groups in total. The van der Waals surface area contributed by atoms with Crippen LogP contribution in [0.1, 0.15) is 55.1 Å². The van der Waals surface area contributed by atoms with Gasteiger partial charge in [0.2, 0.25) is 0 Å². The highest BCUT2D eigenvalue weighted by atomic mass is 16.5. The standard InChI is InChI=1S/C31H30O2/c1-4-12-22-27(21-14-8-7-9-15-21)30(31(32)33-6-3)23(13-5-2)29-25-19-11-17-20-16-10-18-24(26(20)25)28(22)29/h7-11,14-19H,4-6,12-13H2,1-3H3. The molecule has 4 aromatic carbocycles. The highest BCUT2D eigenvalue weighted by molar-refractivity contribution is 6.19. The molecule has 5 rings (SSSR count). The minimum Gasteiger partial charge on any atom is -0.462 e. The first kappa shape index (κ1) is 21.5. The van der Waals surface area contributed by atoms with Crippen LogP contribution >= 0.6 is 0 Å². The van der Waals surface area contributed by atoms with E-state index in [9.17, 15) is 4.79 Å². The molecule has 0 bridgehead atoms. The summed E-state index contributed by atoms with van der Waals surface area (Å²) in [5.74, 6) is -0.205. The van der Waals surface area contributed by atoms with Crippen molar-refractivity contribution in [3.8, 4) is 33.4 Å². The van der Waals surface area contributed by atoms with Crippen molar-refractivity contribution in [1.82, 2.24) is 0 Å². The first-order chi connectivity index (χ1) is 16.2. The van der Waals surface area contributed by atoms with Crippen molar-refractivity contribution in [3.05, 3.63) is 83.4 Å². The summed E-state index contributed by atoms with van der Waals surface area (Å²) in [5.41, 5.74) is 10.4. The molecule has 0 unspecified atom stereocenters. The normalized spacial score (nSPS) is 11.6. The maximum Gasteiger partial charge on any atom is 0.339 e. The zero-order chi connectivity index (χ0) is 22.9. The van der Waals surface area contributed by atoms with E-state index in [4.69, 9.17) is 4.74 Å². The Morgan fingerprint density at radius 3 is 1.91 bits per heavy atom. The summed E-state index contributed by atoms with van der Waals surface area (Å²) in [6.07, 6.45) is 3.73. The molecule has 1 aliphatic carbocycles. The van der Waals surface area contributed by atoms with Crippen LogP contribution in [0.25, 0.3) is 44.2 Å². The molecule has 0 saturated carbocycles. The molecule has 2 heteroatoms. The lowest BCUT2D eigenvalue weighted by Crippen LogP contribution is -2.14. The van der Waals surface area contributed by atoms with Crippen molar-refractivity contribution in [1.29, 1.82) is 0 Å². The van der Waals surface area contributed by atoms with Gasteiger partial charge in [0.05, 0.1) is 12.2 Å². The average molecular weight is 435 g/mol. The Kier molecular flexibility index (Phi) is 5.76. The minimum atomic E-state index is -0.205. The molecule has 0 atom stereocenters. The molecular formula is C31H30O2. The fraction of sp³-hybridized carbons (Fsp3) is 0.258. The van der Waals surface area contributed by atoms with Gasteiger partial charge < -0.3 is 4.74 Å². The van der Waals surface area contributed by atoms with Crippen molar-refractivity contribution in [2.24, 2.45) is 0 Å². The van der Waals surface area contributed by atoms with Crippen molar-refractivity contribution in [3.63, 3.8) is 0 Å². The van der Waals surface area contributed by atoms with Gasteiger partial charge in [0.25, 0.3) is 0 Å². The highest BCUT2D eigenvalue weighted by Gasteiger charge is 2.33. The van der Waals surface area contributed by atoms with Gasteiger partial charge >= 0.3 is 5.97 Å². The summed E-state index contributed by atoms with van der Waals surface area (Å²) in [5, 5.41) is 2.56. The van der Waals surface area contributed by atoms with E-state index in [2.05, 4.69) is 74.5 Å².